The molecule has 1 aliphatic heterocycles. The molecular formula is C16H16N4S. The first-order chi connectivity index (χ1) is 10.4. The predicted octanol–water partition coefficient (Wildman–Crippen LogP) is 3.00. The molecule has 0 saturated carbocycles. The molecule has 21 heavy (non-hydrogen) atoms. The Bertz CT molecular complexity index is 735. The lowest BCUT2D eigenvalue weighted by molar-refractivity contribution is 0.198. The summed E-state index contributed by atoms with van der Waals surface area (Å²) in [4.78, 5) is 5.61. The third kappa shape index (κ3) is 2.66. The van der Waals surface area contributed by atoms with Crippen molar-refractivity contribution in [3.8, 4) is 0 Å². The topological polar surface area (TPSA) is 34.0 Å². The molecule has 4 rings (SSSR count). The summed E-state index contributed by atoms with van der Waals surface area (Å²) < 4.78 is 0. The zero-order valence-corrected chi connectivity index (χ0v) is 12.5. The Morgan fingerprint density at radius 1 is 0.952 bits per heavy atom. The van der Waals surface area contributed by atoms with Gasteiger partial charge in [-0.3, -0.25) is 4.90 Å². The summed E-state index contributed by atoms with van der Waals surface area (Å²) in [5, 5.41) is 9.10. The number of benzene rings is 2. The van der Waals surface area contributed by atoms with Crippen LogP contribution >= 0.6 is 11.8 Å². The average molecular weight is 296 g/mol. The molecule has 0 bridgehead atoms. The third-order valence-electron chi connectivity index (χ3n) is 3.69. The first kappa shape index (κ1) is 12.9. The van der Waals surface area contributed by atoms with Crippen LogP contribution in [0.4, 0.5) is 0 Å². The van der Waals surface area contributed by atoms with Gasteiger partial charge >= 0.3 is 0 Å². The van der Waals surface area contributed by atoms with Crippen LogP contribution in [-0.2, 0) is 13.2 Å². The van der Waals surface area contributed by atoms with Gasteiger partial charge in [0.1, 0.15) is 17.7 Å². The van der Waals surface area contributed by atoms with E-state index in [0.717, 1.165) is 36.5 Å². The van der Waals surface area contributed by atoms with E-state index >= 15 is 0 Å². The van der Waals surface area contributed by atoms with Crippen molar-refractivity contribution in [1.29, 1.82) is 0 Å². The van der Waals surface area contributed by atoms with E-state index < -0.39 is 0 Å². The van der Waals surface area contributed by atoms with E-state index in [0.29, 0.717) is 0 Å². The fraction of sp³-hybridized carbons (Fsp3) is 0.250. The van der Waals surface area contributed by atoms with Crippen LogP contribution in [0.3, 0.4) is 0 Å². The monoisotopic (exact) mass is 296 g/mol. The van der Waals surface area contributed by atoms with Gasteiger partial charge in [0.2, 0.25) is 0 Å². The first-order valence-electron chi connectivity index (χ1n) is 7.11. The molecule has 5 heteroatoms. The van der Waals surface area contributed by atoms with E-state index in [1.54, 1.807) is 0 Å². The van der Waals surface area contributed by atoms with Crippen molar-refractivity contribution in [2.45, 2.75) is 18.1 Å². The standard InChI is InChI=1S/C16H16N4S/c1-4-8-16-13(5-1)11-19(9-10-21-16)12-20-17-14-6-2-3-7-15(14)18-20/h1-8H,9-12H2. The molecule has 3 aromatic rings. The molecule has 0 saturated heterocycles. The lowest BCUT2D eigenvalue weighted by atomic mass is 10.2. The summed E-state index contributed by atoms with van der Waals surface area (Å²) in [5.74, 6) is 1.11. The van der Waals surface area contributed by atoms with Gasteiger partial charge < -0.3 is 0 Å². The Morgan fingerprint density at radius 3 is 2.48 bits per heavy atom. The van der Waals surface area contributed by atoms with Crippen LogP contribution in [-0.4, -0.2) is 32.2 Å². The van der Waals surface area contributed by atoms with E-state index in [1.807, 2.05) is 40.8 Å². The normalized spacial score (nSPS) is 15.8. The van der Waals surface area contributed by atoms with Crippen molar-refractivity contribution in [1.82, 2.24) is 19.9 Å². The average Bonchev–Trinajstić information content (AvgIpc) is 2.79. The van der Waals surface area contributed by atoms with Crippen molar-refractivity contribution in [2.24, 2.45) is 0 Å². The highest BCUT2D eigenvalue weighted by Crippen LogP contribution is 2.27. The molecule has 0 fully saturated rings. The first-order valence-corrected chi connectivity index (χ1v) is 8.10. The zero-order valence-electron chi connectivity index (χ0n) is 11.6. The van der Waals surface area contributed by atoms with Gasteiger partial charge in [0.15, 0.2) is 0 Å². The highest BCUT2D eigenvalue weighted by atomic mass is 32.2. The lowest BCUT2D eigenvalue weighted by Crippen LogP contribution is -2.28. The van der Waals surface area contributed by atoms with E-state index in [1.165, 1.54) is 10.5 Å². The van der Waals surface area contributed by atoms with Gasteiger partial charge in [-0.15, -0.1) is 11.8 Å². The van der Waals surface area contributed by atoms with Crippen LogP contribution in [0.15, 0.2) is 53.4 Å². The molecular weight excluding hydrogens is 280 g/mol. The van der Waals surface area contributed by atoms with Crippen molar-refractivity contribution in [3.63, 3.8) is 0 Å². The second kappa shape index (κ2) is 5.50. The van der Waals surface area contributed by atoms with E-state index in [4.69, 9.17) is 0 Å². The summed E-state index contributed by atoms with van der Waals surface area (Å²) in [6.45, 7) is 2.75. The van der Waals surface area contributed by atoms with Crippen molar-refractivity contribution >= 4 is 22.8 Å². The van der Waals surface area contributed by atoms with E-state index in [9.17, 15) is 0 Å². The van der Waals surface area contributed by atoms with Crippen LogP contribution in [0.25, 0.3) is 11.0 Å². The molecule has 2 aromatic carbocycles. The predicted molar refractivity (Wildman–Crippen MR) is 85.1 cm³/mol. The van der Waals surface area contributed by atoms with E-state index in [2.05, 4.69) is 39.4 Å². The Morgan fingerprint density at radius 2 is 1.67 bits per heavy atom. The Labute approximate surface area is 127 Å². The molecule has 2 heterocycles. The summed E-state index contributed by atoms with van der Waals surface area (Å²) in [5.41, 5.74) is 3.32. The minimum Gasteiger partial charge on any atom is -0.278 e. The minimum absolute atomic E-state index is 0.740. The number of hydrogen-bond donors (Lipinski definition) is 0. The fourth-order valence-corrected chi connectivity index (χ4v) is 3.71. The molecule has 0 radical (unpaired) electrons. The van der Waals surface area contributed by atoms with Crippen molar-refractivity contribution in [2.75, 3.05) is 12.3 Å². The van der Waals surface area contributed by atoms with E-state index in [-0.39, 0.29) is 0 Å². The maximum atomic E-state index is 4.55. The molecule has 106 valence electrons. The van der Waals surface area contributed by atoms with Gasteiger partial charge in [0, 0.05) is 23.7 Å². The van der Waals surface area contributed by atoms with Gasteiger partial charge in [-0.25, -0.2) is 0 Å². The lowest BCUT2D eigenvalue weighted by Gasteiger charge is -2.18. The van der Waals surface area contributed by atoms with Crippen LogP contribution in [0.2, 0.25) is 0 Å². The Hall–Kier alpha value is -1.85. The number of rotatable bonds is 2. The maximum absolute atomic E-state index is 4.55. The van der Waals surface area contributed by atoms with Gasteiger partial charge in [0.25, 0.3) is 0 Å². The number of hydrogen-bond acceptors (Lipinski definition) is 4. The Balaban J connectivity index is 1.57. The minimum atomic E-state index is 0.740. The van der Waals surface area contributed by atoms with Crippen molar-refractivity contribution < 1.29 is 0 Å². The van der Waals surface area contributed by atoms with Crippen LogP contribution in [0.5, 0.6) is 0 Å². The van der Waals surface area contributed by atoms with Gasteiger partial charge in [0.05, 0.1) is 0 Å². The molecule has 0 aliphatic carbocycles. The fourth-order valence-electron chi connectivity index (χ4n) is 2.65. The van der Waals surface area contributed by atoms with Crippen LogP contribution in [0, 0.1) is 0 Å². The second-order valence-electron chi connectivity index (χ2n) is 5.21. The number of aromatic nitrogens is 3. The number of thioether (sulfide) groups is 1. The molecule has 0 spiro atoms. The van der Waals surface area contributed by atoms with Gasteiger partial charge in [-0.1, -0.05) is 30.3 Å². The molecule has 0 N–H and O–H groups in total. The summed E-state index contributed by atoms with van der Waals surface area (Å²) in [6.07, 6.45) is 0. The van der Waals surface area contributed by atoms with Crippen molar-refractivity contribution in [3.05, 3.63) is 54.1 Å². The maximum Gasteiger partial charge on any atom is 0.113 e. The summed E-state index contributed by atoms with van der Waals surface area (Å²) in [6, 6.07) is 16.7. The Kier molecular flexibility index (Phi) is 3.37. The largest absolute Gasteiger partial charge is 0.278 e. The van der Waals surface area contributed by atoms with Gasteiger partial charge in [-0.2, -0.15) is 15.0 Å². The SMILES string of the molecule is c1ccc2c(c1)CN(Cn1nc3ccccc3n1)CCS2. The molecule has 1 aliphatic rings. The smallest absolute Gasteiger partial charge is 0.113 e. The third-order valence-corrected chi connectivity index (χ3v) is 4.78. The molecule has 4 nitrogen and oxygen atoms in total. The molecule has 0 unspecified atom stereocenters. The number of fused-ring (bicyclic) bond motifs is 2. The second-order valence-corrected chi connectivity index (χ2v) is 6.35. The van der Waals surface area contributed by atoms with Crippen LogP contribution in [0.1, 0.15) is 5.56 Å². The molecule has 0 atom stereocenters. The highest BCUT2D eigenvalue weighted by Gasteiger charge is 2.15. The molecule has 1 aromatic heterocycles. The summed E-state index contributed by atoms with van der Waals surface area (Å²) >= 11 is 1.94. The summed E-state index contributed by atoms with van der Waals surface area (Å²) in [7, 11) is 0. The quantitative estimate of drug-likeness (QED) is 0.728. The van der Waals surface area contributed by atoms with Gasteiger partial charge in [-0.05, 0) is 23.8 Å². The van der Waals surface area contributed by atoms with Crippen LogP contribution < -0.4 is 0 Å². The molecule has 0 amide bonds. The number of nitrogens with zero attached hydrogens (tertiary/aromatic N) is 4. The zero-order chi connectivity index (χ0) is 14.1. The highest BCUT2D eigenvalue weighted by molar-refractivity contribution is 7.99.